The van der Waals surface area contributed by atoms with Crippen molar-refractivity contribution in [3.05, 3.63) is 53.1 Å². The van der Waals surface area contributed by atoms with Gasteiger partial charge in [0.25, 0.3) is 0 Å². The van der Waals surface area contributed by atoms with Crippen LogP contribution in [-0.4, -0.2) is 38.1 Å². The van der Waals surface area contributed by atoms with E-state index in [0.717, 1.165) is 35.7 Å². The molecule has 1 amide bonds. The molecule has 5 nitrogen and oxygen atoms in total. The van der Waals surface area contributed by atoms with Crippen molar-refractivity contribution in [2.45, 2.75) is 12.5 Å². The largest absolute Gasteiger partial charge is 0.493 e. The van der Waals surface area contributed by atoms with Crippen LogP contribution in [-0.2, 0) is 11.2 Å². The van der Waals surface area contributed by atoms with Crippen LogP contribution in [0.5, 0.6) is 11.5 Å². The normalized spacial score (nSPS) is 19.4. The number of ether oxygens (including phenoxy) is 2. The van der Waals surface area contributed by atoms with Crippen LogP contribution in [0.1, 0.15) is 22.7 Å². The van der Waals surface area contributed by atoms with Crippen molar-refractivity contribution in [2.24, 2.45) is 0 Å². The Morgan fingerprint density at radius 1 is 1.08 bits per heavy atom. The molecule has 0 fully saturated rings. The number of anilines is 1. The van der Waals surface area contributed by atoms with Gasteiger partial charge in [-0.15, -0.1) is 0 Å². The lowest BCUT2D eigenvalue weighted by molar-refractivity contribution is -0.117. The van der Waals surface area contributed by atoms with Crippen LogP contribution in [0.25, 0.3) is 0 Å². The van der Waals surface area contributed by atoms with Gasteiger partial charge in [0.15, 0.2) is 11.5 Å². The number of hydrogen-bond acceptors (Lipinski definition) is 4. The first-order chi connectivity index (χ1) is 11.7. The van der Waals surface area contributed by atoms with E-state index < -0.39 is 0 Å². The van der Waals surface area contributed by atoms with Gasteiger partial charge in [-0.3, -0.25) is 9.69 Å². The van der Waals surface area contributed by atoms with Crippen LogP contribution >= 0.6 is 0 Å². The van der Waals surface area contributed by atoms with Crippen LogP contribution in [0.15, 0.2) is 36.4 Å². The molecule has 2 aromatic rings. The van der Waals surface area contributed by atoms with Gasteiger partial charge >= 0.3 is 0 Å². The van der Waals surface area contributed by atoms with Crippen molar-refractivity contribution < 1.29 is 14.3 Å². The molecule has 124 valence electrons. The lowest BCUT2D eigenvalue weighted by atomic mass is 9.87. The molecule has 1 unspecified atom stereocenters. The fraction of sp³-hybridized carbons (Fsp3) is 0.316. The molecule has 2 heterocycles. The van der Waals surface area contributed by atoms with E-state index in [9.17, 15) is 4.79 Å². The topological polar surface area (TPSA) is 50.8 Å². The summed E-state index contributed by atoms with van der Waals surface area (Å²) in [7, 11) is 3.31. The van der Waals surface area contributed by atoms with Gasteiger partial charge in [0.05, 0.1) is 26.8 Å². The monoisotopic (exact) mass is 324 g/mol. The second-order valence-corrected chi connectivity index (χ2v) is 6.16. The van der Waals surface area contributed by atoms with E-state index in [1.807, 2.05) is 18.2 Å². The Morgan fingerprint density at radius 3 is 2.62 bits per heavy atom. The molecule has 0 aliphatic carbocycles. The Morgan fingerprint density at radius 2 is 1.83 bits per heavy atom. The first kappa shape index (κ1) is 15.0. The quantitative estimate of drug-likeness (QED) is 0.922. The smallest absolute Gasteiger partial charge is 0.238 e. The Hall–Kier alpha value is -2.53. The zero-order valence-electron chi connectivity index (χ0n) is 13.8. The first-order valence-electron chi connectivity index (χ1n) is 8.09. The third-order valence-electron chi connectivity index (χ3n) is 4.85. The molecular formula is C19H20N2O3. The predicted octanol–water partition coefficient (Wildman–Crippen LogP) is 2.60. The summed E-state index contributed by atoms with van der Waals surface area (Å²) in [6, 6.07) is 12.2. The number of rotatable bonds is 2. The number of nitrogens with one attached hydrogen (secondary N) is 1. The summed E-state index contributed by atoms with van der Waals surface area (Å²) >= 11 is 0. The van der Waals surface area contributed by atoms with Gasteiger partial charge in [-0.05, 0) is 41.3 Å². The van der Waals surface area contributed by atoms with Crippen molar-refractivity contribution >= 4 is 11.6 Å². The highest BCUT2D eigenvalue weighted by molar-refractivity contribution is 5.94. The molecule has 4 rings (SSSR count). The number of hydrogen-bond donors (Lipinski definition) is 1. The highest BCUT2D eigenvalue weighted by atomic mass is 16.5. The maximum absolute atomic E-state index is 12.2. The third kappa shape index (κ3) is 2.32. The summed E-state index contributed by atoms with van der Waals surface area (Å²) in [5.74, 6) is 1.51. The molecule has 2 aliphatic heterocycles. The molecule has 0 saturated heterocycles. The predicted molar refractivity (Wildman–Crippen MR) is 91.7 cm³/mol. The van der Waals surface area contributed by atoms with Gasteiger partial charge < -0.3 is 14.8 Å². The highest BCUT2D eigenvalue weighted by Crippen LogP contribution is 2.43. The SMILES string of the molecule is COc1cc2c(cc1OC)C1c3ccccc3NC(=O)CN1CC2. The Labute approximate surface area is 141 Å². The number of nitrogens with zero attached hydrogens (tertiary/aromatic N) is 1. The minimum Gasteiger partial charge on any atom is -0.493 e. The minimum absolute atomic E-state index is 0.0360. The number of para-hydroxylation sites is 1. The van der Waals surface area contributed by atoms with Crippen molar-refractivity contribution in [1.29, 1.82) is 0 Å². The summed E-state index contributed by atoms with van der Waals surface area (Å²) in [6.07, 6.45) is 0.891. The van der Waals surface area contributed by atoms with Crippen molar-refractivity contribution in [3.63, 3.8) is 0 Å². The van der Waals surface area contributed by atoms with E-state index >= 15 is 0 Å². The molecule has 1 N–H and O–H groups in total. The number of carbonyl (C=O) groups excluding carboxylic acids is 1. The zero-order chi connectivity index (χ0) is 16.7. The molecule has 0 radical (unpaired) electrons. The number of methoxy groups -OCH3 is 2. The van der Waals surface area contributed by atoms with E-state index in [0.29, 0.717) is 6.54 Å². The Balaban J connectivity index is 1.91. The maximum atomic E-state index is 12.2. The van der Waals surface area contributed by atoms with Crippen LogP contribution in [0.3, 0.4) is 0 Å². The van der Waals surface area contributed by atoms with Crippen molar-refractivity contribution in [1.82, 2.24) is 4.90 Å². The van der Waals surface area contributed by atoms with Gasteiger partial charge in [-0.25, -0.2) is 0 Å². The van der Waals surface area contributed by atoms with Gasteiger partial charge in [-0.1, -0.05) is 18.2 Å². The molecule has 5 heteroatoms. The Bertz CT molecular complexity index is 803. The summed E-state index contributed by atoms with van der Waals surface area (Å²) in [5, 5.41) is 3.02. The summed E-state index contributed by atoms with van der Waals surface area (Å²) in [5.41, 5.74) is 4.44. The molecule has 2 aromatic carbocycles. The molecule has 0 aromatic heterocycles. The average molecular weight is 324 g/mol. The van der Waals surface area contributed by atoms with E-state index in [-0.39, 0.29) is 11.9 Å². The molecule has 1 atom stereocenters. The Kier molecular flexibility index (Phi) is 3.65. The van der Waals surface area contributed by atoms with E-state index in [1.54, 1.807) is 14.2 Å². The van der Waals surface area contributed by atoms with Gasteiger partial charge in [0.2, 0.25) is 5.91 Å². The van der Waals surface area contributed by atoms with Crippen molar-refractivity contribution in [3.8, 4) is 11.5 Å². The fourth-order valence-electron chi connectivity index (χ4n) is 3.76. The minimum atomic E-state index is 0.0360. The summed E-state index contributed by atoms with van der Waals surface area (Å²) < 4.78 is 10.9. The average Bonchev–Trinajstić information content (AvgIpc) is 2.75. The van der Waals surface area contributed by atoms with Crippen LogP contribution in [0, 0.1) is 0 Å². The van der Waals surface area contributed by atoms with Gasteiger partial charge in [0, 0.05) is 12.2 Å². The number of amides is 1. The molecule has 0 spiro atoms. The van der Waals surface area contributed by atoms with Gasteiger partial charge in [-0.2, -0.15) is 0 Å². The lowest BCUT2D eigenvalue weighted by Gasteiger charge is -2.36. The molecule has 0 bridgehead atoms. The number of fused-ring (bicyclic) bond motifs is 5. The summed E-state index contributed by atoms with van der Waals surface area (Å²) in [6.45, 7) is 1.24. The van der Waals surface area contributed by atoms with Crippen molar-refractivity contribution in [2.75, 3.05) is 32.6 Å². The molecular weight excluding hydrogens is 304 g/mol. The van der Waals surface area contributed by atoms with Gasteiger partial charge in [0.1, 0.15) is 0 Å². The first-order valence-corrected chi connectivity index (χ1v) is 8.09. The fourth-order valence-corrected chi connectivity index (χ4v) is 3.76. The van der Waals surface area contributed by atoms with E-state index in [4.69, 9.17) is 9.47 Å². The van der Waals surface area contributed by atoms with E-state index in [1.165, 1.54) is 11.1 Å². The van der Waals surface area contributed by atoms with Crippen LogP contribution in [0.2, 0.25) is 0 Å². The zero-order valence-corrected chi connectivity index (χ0v) is 13.8. The standard InChI is InChI=1S/C19H20N2O3/c1-23-16-9-12-7-8-21-11-18(22)20-15-6-4-3-5-13(15)19(21)14(12)10-17(16)24-2/h3-6,9-10,19H,7-8,11H2,1-2H3,(H,20,22). The highest BCUT2D eigenvalue weighted by Gasteiger charge is 2.34. The maximum Gasteiger partial charge on any atom is 0.238 e. The molecule has 0 saturated carbocycles. The van der Waals surface area contributed by atoms with E-state index in [2.05, 4.69) is 28.4 Å². The number of benzene rings is 2. The molecule has 24 heavy (non-hydrogen) atoms. The second kappa shape index (κ2) is 5.83. The second-order valence-electron chi connectivity index (χ2n) is 6.16. The third-order valence-corrected chi connectivity index (χ3v) is 4.85. The summed E-state index contributed by atoms with van der Waals surface area (Å²) in [4.78, 5) is 14.5. The molecule has 2 aliphatic rings. The van der Waals surface area contributed by atoms with Crippen LogP contribution in [0.4, 0.5) is 5.69 Å². The number of carbonyl (C=O) groups is 1. The van der Waals surface area contributed by atoms with Crippen LogP contribution < -0.4 is 14.8 Å². The lowest BCUT2D eigenvalue weighted by Crippen LogP contribution is -2.38.